The summed E-state index contributed by atoms with van der Waals surface area (Å²) in [6.07, 6.45) is 0. The molecule has 0 N–H and O–H groups in total. The molecule has 0 fully saturated rings. The molecule has 9 rings (SSSR count). The van der Waals surface area contributed by atoms with Crippen LogP contribution < -0.4 is 0 Å². The van der Waals surface area contributed by atoms with E-state index in [1.807, 2.05) is 36.4 Å². The van der Waals surface area contributed by atoms with Gasteiger partial charge in [0.05, 0.1) is 11.4 Å². The first-order valence-corrected chi connectivity index (χ1v) is 16.5. The van der Waals surface area contributed by atoms with Crippen LogP contribution in [0.5, 0.6) is 0 Å². The van der Waals surface area contributed by atoms with E-state index in [1.54, 1.807) is 0 Å². The summed E-state index contributed by atoms with van der Waals surface area (Å²) in [6, 6.07) is 63.4. The standard InChI is InChI=1S/C46H30N2O/c1-5-13-31(14-6-1)37-25-38(32-15-7-2-8-16-32)27-39(26-37)35-22-24-44-41(28-35)40-23-21-36(29-45(40)49-44)46-47-42(33-17-9-3-10-18-33)30-43(48-46)34-19-11-4-12-20-34/h1-30H. The van der Waals surface area contributed by atoms with Crippen LogP contribution in [0.25, 0.3) is 89.2 Å². The average molecular weight is 627 g/mol. The Morgan fingerprint density at radius 2 is 0.755 bits per heavy atom. The minimum Gasteiger partial charge on any atom is -0.456 e. The molecule has 0 bridgehead atoms. The van der Waals surface area contributed by atoms with E-state index in [0.29, 0.717) is 5.82 Å². The van der Waals surface area contributed by atoms with Gasteiger partial charge in [-0.1, -0.05) is 133 Å². The van der Waals surface area contributed by atoms with Crippen molar-refractivity contribution in [3.63, 3.8) is 0 Å². The van der Waals surface area contributed by atoms with E-state index >= 15 is 0 Å². The smallest absolute Gasteiger partial charge is 0.160 e. The average Bonchev–Trinajstić information content (AvgIpc) is 3.56. The first-order chi connectivity index (χ1) is 24.2. The summed E-state index contributed by atoms with van der Waals surface area (Å²) in [5.41, 5.74) is 13.5. The van der Waals surface area contributed by atoms with Gasteiger partial charge in [-0.3, -0.25) is 0 Å². The Hall–Kier alpha value is -6.58. The lowest BCUT2D eigenvalue weighted by Crippen LogP contribution is -1.95. The molecule has 0 unspecified atom stereocenters. The van der Waals surface area contributed by atoms with E-state index in [9.17, 15) is 0 Å². The molecule has 2 heterocycles. The highest BCUT2D eigenvalue weighted by atomic mass is 16.3. The van der Waals surface area contributed by atoms with Crippen LogP contribution in [0.15, 0.2) is 186 Å². The van der Waals surface area contributed by atoms with Crippen LogP contribution in [0.3, 0.4) is 0 Å². The van der Waals surface area contributed by atoms with Crippen LogP contribution in [-0.4, -0.2) is 9.97 Å². The molecule has 7 aromatic carbocycles. The van der Waals surface area contributed by atoms with Gasteiger partial charge in [-0.05, 0) is 81.9 Å². The maximum Gasteiger partial charge on any atom is 0.160 e. The van der Waals surface area contributed by atoms with Crippen LogP contribution >= 0.6 is 0 Å². The van der Waals surface area contributed by atoms with E-state index in [2.05, 4.69) is 146 Å². The number of hydrogen-bond acceptors (Lipinski definition) is 3. The Morgan fingerprint density at radius 3 is 1.29 bits per heavy atom. The number of aromatic nitrogens is 2. The molecule has 0 aliphatic heterocycles. The normalized spacial score (nSPS) is 11.3. The highest BCUT2D eigenvalue weighted by Crippen LogP contribution is 2.38. The van der Waals surface area contributed by atoms with E-state index in [0.717, 1.165) is 61.1 Å². The van der Waals surface area contributed by atoms with Gasteiger partial charge in [0.2, 0.25) is 0 Å². The molecule has 2 aromatic heterocycles. The second-order valence-electron chi connectivity index (χ2n) is 12.2. The topological polar surface area (TPSA) is 38.9 Å². The summed E-state index contributed by atoms with van der Waals surface area (Å²) >= 11 is 0. The molecule has 3 heteroatoms. The lowest BCUT2D eigenvalue weighted by molar-refractivity contribution is 0.669. The fourth-order valence-electron chi connectivity index (χ4n) is 6.57. The van der Waals surface area contributed by atoms with Crippen LogP contribution in [0.2, 0.25) is 0 Å². The third-order valence-corrected chi connectivity index (χ3v) is 9.08. The highest BCUT2D eigenvalue weighted by molar-refractivity contribution is 6.07. The molecule has 230 valence electrons. The summed E-state index contributed by atoms with van der Waals surface area (Å²) in [4.78, 5) is 10.1. The number of rotatable bonds is 6. The summed E-state index contributed by atoms with van der Waals surface area (Å²) in [5.74, 6) is 0.661. The molecule has 0 saturated heterocycles. The Morgan fingerprint density at radius 1 is 0.286 bits per heavy atom. The molecule has 0 aliphatic rings. The predicted molar refractivity (Wildman–Crippen MR) is 202 cm³/mol. The first-order valence-electron chi connectivity index (χ1n) is 16.5. The highest BCUT2D eigenvalue weighted by Gasteiger charge is 2.15. The van der Waals surface area contributed by atoms with E-state index in [-0.39, 0.29) is 0 Å². The van der Waals surface area contributed by atoms with Crippen molar-refractivity contribution in [3.05, 3.63) is 182 Å². The second-order valence-corrected chi connectivity index (χ2v) is 12.2. The fourth-order valence-corrected chi connectivity index (χ4v) is 6.57. The molecule has 9 aromatic rings. The monoisotopic (exact) mass is 626 g/mol. The SMILES string of the molecule is c1ccc(-c2cc(-c3ccccc3)cc(-c3ccc4oc5cc(-c6nc(-c7ccccc7)cc(-c7ccccc7)n6)ccc5c4c3)c2)cc1. The molecule has 0 radical (unpaired) electrons. The second kappa shape index (κ2) is 12.2. The van der Waals surface area contributed by atoms with Gasteiger partial charge in [0.25, 0.3) is 0 Å². The Labute approximate surface area is 284 Å². The predicted octanol–water partition coefficient (Wildman–Crippen LogP) is 12.4. The Kier molecular flexibility index (Phi) is 7.14. The van der Waals surface area contributed by atoms with Gasteiger partial charge in [-0.15, -0.1) is 0 Å². The van der Waals surface area contributed by atoms with Crippen LogP contribution in [0.4, 0.5) is 0 Å². The van der Waals surface area contributed by atoms with Gasteiger partial charge in [0.15, 0.2) is 5.82 Å². The lowest BCUT2D eigenvalue weighted by Gasteiger charge is -2.11. The number of fused-ring (bicyclic) bond motifs is 3. The number of nitrogens with zero attached hydrogens (tertiary/aromatic N) is 2. The number of hydrogen-bond donors (Lipinski definition) is 0. The first kappa shape index (κ1) is 28.6. The van der Waals surface area contributed by atoms with Crippen molar-refractivity contribution in [1.29, 1.82) is 0 Å². The third-order valence-electron chi connectivity index (χ3n) is 9.08. The zero-order valence-electron chi connectivity index (χ0n) is 26.6. The largest absolute Gasteiger partial charge is 0.456 e. The van der Waals surface area contributed by atoms with Crippen molar-refractivity contribution in [3.8, 4) is 67.3 Å². The molecule has 0 atom stereocenters. The summed E-state index contributed by atoms with van der Waals surface area (Å²) < 4.78 is 6.47. The van der Waals surface area contributed by atoms with Crippen molar-refractivity contribution in [1.82, 2.24) is 9.97 Å². The number of benzene rings is 7. The molecular formula is C46H30N2O. The van der Waals surface area contributed by atoms with Gasteiger partial charge in [-0.25, -0.2) is 9.97 Å². The molecule has 3 nitrogen and oxygen atoms in total. The van der Waals surface area contributed by atoms with Crippen molar-refractivity contribution in [2.45, 2.75) is 0 Å². The van der Waals surface area contributed by atoms with E-state index in [1.165, 1.54) is 22.3 Å². The van der Waals surface area contributed by atoms with Gasteiger partial charge >= 0.3 is 0 Å². The Bertz CT molecular complexity index is 2460. The van der Waals surface area contributed by atoms with E-state index in [4.69, 9.17) is 14.4 Å². The minimum atomic E-state index is 0.661. The minimum absolute atomic E-state index is 0.661. The summed E-state index contributed by atoms with van der Waals surface area (Å²) in [7, 11) is 0. The molecule has 0 saturated carbocycles. The van der Waals surface area contributed by atoms with Gasteiger partial charge in [-0.2, -0.15) is 0 Å². The van der Waals surface area contributed by atoms with Crippen LogP contribution in [0, 0.1) is 0 Å². The Balaban J connectivity index is 1.15. The quantitative estimate of drug-likeness (QED) is 0.184. The summed E-state index contributed by atoms with van der Waals surface area (Å²) in [6.45, 7) is 0. The zero-order valence-corrected chi connectivity index (χ0v) is 26.6. The lowest BCUT2D eigenvalue weighted by atomic mass is 9.93. The molecule has 0 aliphatic carbocycles. The van der Waals surface area contributed by atoms with Crippen molar-refractivity contribution >= 4 is 21.9 Å². The van der Waals surface area contributed by atoms with Gasteiger partial charge in [0.1, 0.15) is 11.2 Å². The maximum absolute atomic E-state index is 6.47. The van der Waals surface area contributed by atoms with Crippen LogP contribution in [0.1, 0.15) is 0 Å². The van der Waals surface area contributed by atoms with Crippen molar-refractivity contribution in [2.75, 3.05) is 0 Å². The molecule has 49 heavy (non-hydrogen) atoms. The molecule has 0 amide bonds. The van der Waals surface area contributed by atoms with Crippen molar-refractivity contribution < 1.29 is 4.42 Å². The maximum atomic E-state index is 6.47. The summed E-state index contributed by atoms with van der Waals surface area (Å²) in [5, 5.41) is 2.14. The van der Waals surface area contributed by atoms with E-state index < -0.39 is 0 Å². The number of furan rings is 1. The molecular weight excluding hydrogens is 597 g/mol. The fraction of sp³-hybridized carbons (Fsp3) is 0. The third kappa shape index (κ3) is 5.58. The zero-order chi connectivity index (χ0) is 32.6. The molecule has 0 spiro atoms. The van der Waals surface area contributed by atoms with Gasteiger partial charge in [0, 0.05) is 27.5 Å². The van der Waals surface area contributed by atoms with Crippen LogP contribution in [-0.2, 0) is 0 Å². The van der Waals surface area contributed by atoms with Crippen molar-refractivity contribution in [2.24, 2.45) is 0 Å². The van der Waals surface area contributed by atoms with Gasteiger partial charge < -0.3 is 4.42 Å².